The minimum absolute atomic E-state index is 0.411. The Balaban J connectivity index is 1.82. The summed E-state index contributed by atoms with van der Waals surface area (Å²) < 4.78 is 16.8. The van der Waals surface area contributed by atoms with Crippen LogP contribution in [0.25, 0.3) is 0 Å². The van der Waals surface area contributed by atoms with Gasteiger partial charge < -0.3 is 19.1 Å². The van der Waals surface area contributed by atoms with Crippen LogP contribution in [0.2, 0.25) is 0 Å². The van der Waals surface area contributed by atoms with Gasteiger partial charge in [0.05, 0.1) is 19.8 Å². The summed E-state index contributed by atoms with van der Waals surface area (Å²) in [4.78, 5) is 17.6. The minimum Gasteiger partial charge on any atom is -0.493 e. The Morgan fingerprint density at radius 1 is 0.897 bits per heavy atom. The standard InChI is InChI=1S/C23H30N2O4/c1-4-12-24-13-15-25(16-14-24)17-19-10-11-20(27-2)22(28-3)21(19)29-23(26)18-8-6-5-7-9-18/h5-11H,4,12-17H2,1-3H3. The van der Waals surface area contributed by atoms with Gasteiger partial charge in [0.2, 0.25) is 5.75 Å². The van der Waals surface area contributed by atoms with Crippen LogP contribution in [0.15, 0.2) is 42.5 Å². The third kappa shape index (κ3) is 5.28. The van der Waals surface area contributed by atoms with Crippen molar-refractivity contribution in [2.45, 2.75) is 19.9 Å². The smallest absolute Gasteiger partial charge is 0.343 e. The lowest BCUT2D eigenvalue weighted by atomic mass is 10.1. The normalized spacial score (nSPS) is 15.1. The van der Waals surface area contributed by atoms with E-state index in [2.05, 4.69) is 16.7 Å². The largest absolute Gasteiger partial charge is 0.493 e. The van der Waals surface area contributed by atoms with E-state index in [-0.39, 0.29) is 0 Å². The molecule has 0 spiro atoms. The summed E-state index contributed by atoms with van der Waals surface area (Å²) in [6.07, 6.45) is 1.18. The van der Waals surface area contributed by atoms with E-state index in [1.807, 2.05) is 30.3 Å². The van der Waals surface area contributed by atoms with Gasteiger partial charge >= 0.3 is 5.97 Å². The molecular weight excluding hydrogens is 368 g/mol. The zero-order chi connectivity index (χ0) is 20.6. The molecule has 2 aromatic rings. The lowest BCUT2D eigenvalue weighted by molar-refractivity contribution is 0.0723. The summed E-state index contributed by atoms with van der Waals surface area (Å²) >= 11 is 0. The van der Waals surface area contributed by atoms with E-state index in [1.165, 1.54) is 6.42 Å². The van der Waals surface area contributed by atoms with Gasteiger partial charge in [-0.15, -0.1) is 0 Å². The maximum absolute atomic E-state index is 12.7. The number of piperazine rings is 1. The van der Waals surface area contributed by atoms with Gasteiger partial charge in [-0.1, -0.05) is 31.2 Å². The molecular formula is C23H30N2O4. The van der Waals surface area contributed by atoms with Crippen LogP contribution in [-0.2, 0) is 6.54 Å². The molecule has 0 saturated carbocycles. The third-order valence-electron chi connectivity index (χ3n) is 5.18. The third-order valence-corrected chi connectivity index (χ3v) is 5.18. The molecule has 0 bridgehead atoms. The number of nitrogens with zero attached hydrogens (tertiary/aromatic N) is 2. The quantitative estimate of drug-likeness (QED) is 0.501. The van der Waals surface area contributed by atoms with Crippen molar-refractivity contribution >= 4 is 5.97 Å². The molecule has 1 aliphatic rings. The first-order valence-electron chi connectivity index (χ1n) is 10.1. The van der Waals surface area contributed by atoms with Gasteiger partial charge in [-0.2, -0.15) is 0 Å². The van der Waals surface area contributed by atoms with Crippen molar-refractivity contribution in [1.29, 1.82) is 0 Å². The Morgan fingerprint density at radius 2 is 1.59 bits per heavy atom. The Bertz CT molecular complexity index is 802. The number of carbonyl (C=O) groups excluding carboxylic acids is 1. The minimum atomic E-state index is -0.411. The molecule has 2 aromatic carbocycles. The second-order valence-electron chi connectivity index (χ2n) is 7.16. The van der Waals surface area contributed by atoms with Crippen LogP contribution in [0.5, 0.6) is 17.2 Å². The molecule has 0 unspecified atom stereocenters. The first-order chi connectivity index (χ1) is 14.2. The Hall–Kier alpha value is -2.57. The Kier molecular flexibility index (Phi) is 7.49. The van der Waals surface area contributed by atoms with Gasteiger partial charge in [0.25, 0.3) is 0 Å². The fraction of sp³-hybridized carbons (Fsp3) is 0.435. The summed E-state index contributed by atoms with van der Waals surface area (Å²) in [5.41, 5.74) is 1.41. The van der Waals surface area contributed by atoms with Crippen LogP contribution in [0, 0.1) is 0 Å². The molecule has 0 radical (unpaired) electrons. The summed E-state index contributed by atoms with van der Waals surface area (Å²) in [7, 11) is 3.14. The van der Waals surface area contributed by atoms with Crippen LogP contribution < -0.4 is 14.2 Å². The molecule has 1 heterocycles. The molecule has 1 aliphatic heterocycles. The van der Waals surface area contributed by atoms with Crippen LogP contribution >= 0.6 is 0 Å². The molecule has 156 valence electrons. The van der Waals surface area contributed by atoms with Crippen molar-refractivity contribution < 1.29 is 19.0 Å². The molecule has 0 N–H and O–H groups in total. The van der Waals surface area contributed by atoms with E-state index >= 15 is 0 Å². The van der Waals surface area contributed by atoms with E-state index in [9.17, 15) is 4.79 Å². The van der Waals surface area contributed by atoms with Crippen LogP contribution in [0.4, 0.5) is 0 Å². The molecule has 1 fully saturated rings. The molecule has 29 heavy (non-hydrogen) atoms. The summed E-state index contributed by atoms with van der Waals surface area (Å²) in [6, 6.07) is 12.8. The van der Waals surface area contributed by atoms with Gasteiger partial charge in [-0.05, 0) is 31.2 Å². The van der Waals surface area contributed by atoms with Crippen molar-refractivity contribution in [2.75, 3.05) is 46.9 Å². The lowest BCUT2D eigenvalue weighted by Crippen LogP contribution is -2.46. The van der Waals surface area contributed by atoms with E-state index in [0.29, 0.717) is 29.4 Å². The molecule has 6 heteroatoms. The number of benzene rings is 2. The predicted molar refractivity (Wildman–Crippen MR) is 113 cm³/mol. The number of methoxy groups -OCH3 is 2. The molecule has 0 amide bonds. The Labute approximate surface area is 173 Å². The van der Waals surface area contributed by atoms with Gasteiger partial charge in [-0.3, -0.25) is 4.90 Å². The molecule has 0 aliphatic carbocycles. The van der Waals surface area contributed by atoms with Crippen molar-refractivity contribution in [3.8, 4) is 17.2 Å². The van der Waals surface area contributed by atoms with E-state index < -0.39 is 5.97 Å². The van der Waals surface area contributed by atoms with Gasteiger partial charge in [0.15, 0.2) is 11.5 Å². The van der Waals surface area contributed by atoms with Crippen LogP contribution in [0.1, 0.15) is 29.3 Å². The van der Waals surface area contributed by atoms with Gasteiger partial charge in [0.1, 0.15) is 0 Å². The fourth-order valence-electron chi connectivity index (χ4n) is 3.63. The highest BCUT2D eigenvalue weighted by molar-refractivity contribution is 5.91. The summed E-state index contributed by atoms with van der Waals surface area (Å²) in [5.74, 6) is 1.00. The second kappa shape index (κ2) is 10.3. The van der Waals surface area contributed by atoms with Crippen LogP contribution in [0.3, 0.4) is 0 Å². The SMILES string of the molecule is CCCN1CCN(Cc2ccc(OC)c(OC)c2OC(=O)c2ccccc2)CC1. The van der Waals surface area contributed by atoms with E-state index in [4.69, 9.17) is 14.2 Å². The molecule has 3 rings (SSSR count). The first-order valence-corrected chi connectivity index (χ1v) is 10.1. The highest BCUT2D eigenvalue weighted by atomic mass is 16.6. The fourth-order valence-corrected chi connectivity index (χ4v) is 3.63. The maximum atomic E-state index is 12.7. The predicted octanol–water partition coefficient (Wildman–Crippen LogP) is 3.45. The van der Waals surface area contributed by atoms with Crippen LogP contribution in [-0.4, -0.2) is 62.7 Å². The van der Waals surface area contributed by atoms with Gasteiger partial charge in [0, 0.05) is 38.3 Å². The number of esters is 1. The lowest BCUT2D eigenvalue weighted by Gasteiger charge is -2.34. The Morgan fingerprint density at radius 3 is 2.21 bits per heavy atom. The number of hydrogen-bond donors (Lipinski definition) is 0. The highest BCUT2D eigenvalue weighted by Crippen LogP contribution is 2.41. The number of carbonyl (C=O) groups is 1. The van der Waals surface area contributed by atoms with Crippen molar-refractivity contribution in [3.63, 3.8) is 0 Å². The number of hydrogen-bond acceptors (Lipinski definition) is 6. The molecule has 1 saturated heterocycles. The average molecular weight is 399 g/mol. The topological polar surface area (TPSA) is 51.2 Å². The average Bonchev–Trinajstić information content (AvgIpc) is 2.76. The van der Waals surface area contributed by atoms with E-state index in [1.54, 1.807) is 26.4 Å². The molecule has 6 nitrogen and oxygen atoms in total. The number of rotatable bonds is 8. The second-order valence-corrected chi connectivity index (χ2v) is 7.16. The summed E-state index contributed by atoms with van der Waals surface area (Å²) in [5, 5.41) is 0. The first kappa shape index (κ1) is 21.1. The van der Waals surface area contributed by atoms with Crippen molar-refractivity contribution in [1.82, 2.24) is 9.80 Å². The zero-order valence-electron chi connectivity index (χ0n) is 17.5. The molecule has 0 atom stereocenters. The maximum Gasteiger partial charge on any atom is 0.343 e. The zero-order valence-corrected chi connectivity index (χ0v) is 17.5. The van der Waals surface area contributed by atoms with E-state index in [0.717, 1.165) is 38.3 Å². The number of ether oxygens (including phenoxy) is 3. The highest BCUT2D eigenvalue weighted by Gasteiger charge is 2.23. The summed E-state index contributed by atoms with van der Waals surface area (Å²) in [6.45, 7) is 8.13. The van der Waals surface area contributed by atoms with Crippen molar-refractivity contribution in [3.05, 3.63) is 53.6 Å². The monoisotopic (exact) mass is 398 g/mol. The molecule has 0 aromatic heterocycles. The van der Waals surface area contributed by atoms with Gasteiger partial charge in [-0.25, -0.2) is 4.79 Å². The van der Waals surface area contributed by atoms with Crippen molar-refractivity contribution in [2.24, 2.45) is 0 Å².